The molecule has 1 aliphatic heterocycles. The first-order valence-electron chi connectivity index (χ1n) is 10.5. The Morgan fingerprint density at radius 1 is 0.914 bits per heavy atom. The number of carbonyl (C=O) groups excluding carboxylic acids is 5. The van der Waals surface area contributed by atoms with E-state index in [1.165, 1.54) is 6.92 Å². The molecule has 12 heteroatoms. The number of nitrogens with one attached hydrogen (secondary N) is 2. The van der Waals surface area contributed by atoms with Crippen LogP contribution >= 0.6 is 0 Å². The van der Waals surface area contributed by atoms with E-state index in [1.807, 2.05) is 5.32 Å². The second-order valence-corrected chi connectivity index (χ2v) is 7.17. The van der Waals surface area contributed by atoms with Crippen LogP contribution in [-0.4, -0.2) is 47.5 Å². The van der Waals surface area contributed by atoms with Gasteiger partial charge in [-0.3, -0.25) is 14.9 Å². The first-order valence-corrected chi connectivity index (χ1v) is 10.5. The molecule has 1 fully saturated rings. The topological polar surface area (TPSA) is 150 Å². The molecular formula is C23H23N3O9. The summed E-state index contributed by atoms with van der Waals surface area (Å²) in [6.45, 7) is 0.951. The number of imide groups is 1. The second kappa shape index (κ2) is 11.5. The minimum atomic E-state index is -2.61. The Morgan fingerprint density at radius 2 is 1.49 bits per heavy atom. The van der Waals surface area contributed by atoms with E-state index >= 15 is 0 Å². The predicted molar refractivity (Wildman–Crippen MR) is 117 cm³/mol. The number of rotatable bonds is 7. The van der Waals surface area contributed by atoms with Gasteiger partial charge < -0.3 is 18.9 Å². The largest absolute Gasteiger partial charge is 0.510 e. The van der Waals surface area contributed by atoms with Gasteiger partial charge in [0.2, 0.25) is 5.91 Å². The molecule has 12 nitrogen and oxygen atoms in total. The maximum absolute atomic E-state index is 13.0. The number of ether oxygens (including phenoxy) is 4. The van der Waals surface area contributed by atoms with Crippen molar-refractivity contribution in [2.24, 2.45) is 0 Å². The molecule has 0 saturated carbocycles. The predicted octanol–water partition coefficient (Wildman–Crippen LogP) is 2.38. The van der Waals surface area contributed by atoms with Crippen molar-refractivity contribution in [1.29, 1.82) is 0 Å². The minimum absolute atomic E-state index is 0.116. The SMILES string of the molecule is CCOC(=O)OC1(N(NC(=O)OCc2ccccc2)C(=O)OCc2ccccc2)CC(=O)NC1=O. The van der Waals surface area contributed by atoms with Crippen molar-refractivity contribution in [3.63, 3.8) is 0 Å². The lowest BCUT2D eigenvalue weighted by Gasteiger charge is -2.35. The summed E-state index contributed by atoms with van der Waals surface area (Å²) < 4.78 is 20.1. The van der Waals surface area contributed by atoms with Gasteiger partial charge in [-0.15, -0.1) is 0 Å². The third-order valence-corrected chi connectivity index (χ3v) is 4.69. The molecule has 2 aromatic rings. The highest BCUT2D eigenvalue weighted by atomic mass is 16.7. The van der Waals surface area contributed by atoms with Crippen molar-refractivity contribution in [2.45, 2.75) is 32.3 Å². The van der Waals surface area contributed by atoms with Crippen LogP contribution < -0.4 is 10.7 Å². The number of hydrazine groups is 1. The lowest BCUT2D eigenvalue weighted by molar-refractivity contribution is -0.165. The summed E-state index contributed by atoms with van der Waals surface area (Å²) in [5, 5.41) is 2.25. The fourth-order valence-electron chi connectivity index (χ4n) is 3.07. The molecule has 0 aromatic heterocycles. The zero-order valence-corrected chi connectivity index (χ0v) is 18.7. The van der Waals surface area contributed by atoms with Crippen LogP contribution in [0.3, 0.4) is 0 Å². The third kappa shape index (κ3) is 6.47. The van der Waals surface area contributed by atoms with E-state index in [4.69, 9.17) is 18.9 Å². The molecule has 0 bridgehead atoms. The van der Waals surface area contributed by atoms with Crippen LogP contribution in [0.5, 0.6) is 0 Å². The third-order valence-electron chi connectivity index (χ3n) is 4.69. The van der Waals surface area contributed by atoms with E-state index in [0.717, 1.165) is 0 Å². The molecule has 1 saturated heterocycles. The molecule has 1 atom stereocenters. The normalized spacial score (nSPS) is 16.6. The Bertz CT molecular complexity index is 1080. The number of amides is 4. The highest BCUT2D eigenvalue weighted by Gasteiger charge is 2.59. The maximum atomic E-state index is 13.0. The Morgan fingerprint density at radius 3 is 2.00 bits per heavy atom. The van der Waals surface area contributed by atoms with Gasteiger partial charge in [0, 0.05) is 0 Å². The Kier molecular flexibility index (Phi) is 8.22. The fourth-order valence-corrected chi connectivity index (χ4v) is 3.07. The van der Waals surface area contributed by atoms with E-state index < -0.39 is 42.3 Å². The van der Waals surface area contributed by atoms with Crippen LogP contribution in [0.2, 0.25) is 0 Å². The fraction of sp³-hybridized carbons (Fsp3) is 0.261. The molecule has 0 radical (unpaired) electrons. The van der Waals surface area contributed by atoms with Crippen LogP contribution in [0.4, 0.5) is 14.4 Å². The van der Waals surface area contributed by atoms with Gasteiger partial charge in [-0.1, -0.05) is 60.7 Å². The van der Waals surface area contributed by atoms with Gasteiger partial charge in [0.25, 0.3) is 11.6 Å². The summed E-state index contributed by atoms with van der Waals surface area (Å²) >= 11 is 0. The first kappa shape index (κ1) is 25.0. The van der Waals surface area contributed by atoms with Crippen LogP contribution in [0.15, 0.2) is 60.7 Å². The molecule has 0 aliphatic carbocycles. The van der Waals surface area contributed by atoms with E-state index in [2.05, 4.69) is 5.43 Å². The summed E-state index contributed by atoms with van der Waals surface area (Å²) in [4.78, 5) is 62.4. The van der Waals surface area contributed by atoms with Crippen molar-refractivity contribution in [3.05, 3.63) is 71.8 Å². The molecule has 1 heterocycles. The lowest BCUT2D eigenvalue weighted by Crippen LogP contribution is -2.65. The van der Waals surface area contributed by atoms with E-state index in [-0.39, 0.29) is 19.8 Å². The number of hydrogen-bond acceptors (Lipinski definition) is 9. The van der Waals surface area contributed by atoms with Gasteiger partial charge in [-0.05, 0) is 18.1 Å². The molecule has 1 unspecified atom stereocenters. The average molecular weight is 485 g/mol. The Hall–Kier alpha value is -4.61. The second-order valence-electron chi connectivity index (χ2n) is 7.17. The summed E-state index contributed by atoms with van der Waals surface area (Å²) in [6, 6.07) is 17.2. The molecule has 4 amide bonds. The van der Waals surface area contributed by atoms with E-state index in [9.17, 15) is 24.0 Å². The van der Waals surface area contributed by atoms with Gasteiger partial charge in [0.1, 0.15) is 13.2 Å². The summed E-state index contributed by atoms with van der Waals surface area (Å²) in [5.41, 5.74) is 0.691. The zero-order valence-electron chi connectivity index (χ0n) is 18.7. The molecular weight excluding hydrogens is 462 g/mol. The average Bonchev–Trinajstić information content (AvgIpc) is 3.14. The van der Waals surface area contributed by atoms with Gasteiger partial charge in [-0.25, -0.2) is 19.8 Å². The molecule has 1 aliphatic rings. The quantitative estimate of drug-likeness (QED) is 0.198. The van der Waals surface area contributed by atoms with E-state index in [0.29, 0.717) is 16.1 Å². The van der Waals surface area contributed by atoms with Crippen LogP contribution in [0, 0.1) is 0 Å². The molecule has 3 rings (SSSR count). The highest BCUT2D eigenvalue weighted by Crippen LogP contribution is 2.27. The van der Waals surface area contributed by atoms with Gasteiger partial charge in [0.05, 0.1) is 13.0 Å². The molecule has 35 heavy (non-hydrogen) atoms. The van der Waals surface area contributed by atoms with Crippen LogP contribution in [0.25, 0.3) is 0 Å². The molecule has 2 N–H and O–H groups in total. The van der Waals surface area contributed by atoms with Crippen molar-refractivity contribution in [2.75, 3.05) is 6.61 Å². The molecule has 2 aromatic carbocycles. The zero-order chi connectivity index (χ0) is 25.3. The number of hydrogen-bond donors (Lipinski definition) is 2. The lowest BCUT2D eigenvalue weighted by atomic mass is 10.1. The number of nitrogens with zero attached hydrogens (tertiary/aromatic N) is 1. The monoisotopic (exact) mass is 485 g/mol. The number of carbonyl (C=O) groups is 5. The highest BCUT2D eigenvalue weighted by molar-refractivity contribution is 6.09. The molecule has 0 spiro atoms. The first-order chi connectivity index (χ1) is 16.8. The maximum Gasteiger partial charge on any atom is 0.510 e. The van der Waals surface area contributed by atoms with Gasteiger partial charge in [-0.2, -0.15) is 5.01 Å². The summed E-state index contributed by atoms with van der Waals surface area (Å²) in [5.74, 6) is -2.05. The van der Waals surface area contributed by atoms with Crippen molar-refractivity contribution < 1.29 is 42.9 Å². The standard InChI is InChI=1S/C23H23N3O9/c1-2-32-22(31)35-23(13-18(27)24-19(23)28)26(21(30)34-15-17-11-7-4-8-12-17)25-20(29)33-14-16-9-5-3-6-10-16/h3-12H,2,13-15H2,1H3,(H,25,29)(H,24,27,28). The van der Waals surface area contributed by atoms with Gasteiger partial charge in [0.15, 0.2) is 0 Å². The van der Waals surface area contributed by atoms with Crippen LogP contribution in [0.1, 0.15) is 24.5 Å². The minimum Gasteiger partial charge on any atom is -0.443 e. The van der Waals surface area contributed by atoms with Crippen molar-refractivity contribution in [3.8, 4) is 0 Å². The summed E-state index contributed by atoms with van der Waals surface area (Å²) in [6.07, 6.45) is -4.63. The Balaban J connectivity index is 1.84. The van der Waals surface area contributed by atoms with Gasteiger partial charge >= 0.3 is 18.3 Å². The Labute approximate surface area is 200 Å². The smallest absolute Gasteiger partial charge is 0.443 e. The van der Waals surface area contributed by atoms with E-state index in [1.54, 1.807) is 60.7 Å². The number of benzene rings is 2. The van der Waals surface area contributed by atoms with Crippen LogP contribution in [-0.2, 0) is 41.8 Å². The molecule has 184 valence electrons. The summed E-state index contributed by atoms with van der Waals surface area (Å²) in [7, 11) is 0. The van der Waals surface area contributed by atoms with Crippen molar-refractivity contribution in [1.82, 2.24) is 15.8 Å². The van der Waals surface area contributed by atoms with Crippen molar-refractivity contribution >= 4 is 30.2 Å².